The van der Waals surface area contributed by atoms with Gasteiger partial charge in [-0.3, -0.25) is 4.79 Å². The number of aliphatic carboxylic acids is 1. The first kappa shape index (κ1) is 7.54. The lowest BCUT2D eigenvalue weighted by molar-refractivity contribution is -0.139. The summed E-state index contributed by atoms with van der Waals surface area (Å²) in [5.74, 6) is -1.02. The third-order valence-electron chi connectivity index (χ3n) is 1.69. The number of hydrogen-bond donors (Lipinski definition) is 2. The van der Waals surface area contributed by atoms with Gasteiger partial charge in [0.2, 0.25) is 0 Å². The molecule has 60 valence electrons. The van der Waals surface area contributed by atoms with Crippen LogP contribution in [0.4, 0.5) is 0 Å². The van der Waals surface area contributed by atoms with E-state index < -0.39 is 12.0 Å². The minimum absolute atomic E-state index is 0.0509. The molecular formula is C7H15NO2. The molecule has 0 spiro atoms. The van der Waals surface area contributed by atoms with Crippen LogP contribution in [0.2, 0.25) is 0 Å². The quantitative estimate of drug-likeness (QED) is 0.617. The normalized spacial score (nSPS) is 17.6. The van der Waals surface area contributed by atoms with Crippen molar-refractivity contribution >= 4 is 5.97 Å². The third-order valence-corrected chi connectivity index (χ3v) is 1.69. The van der Waals surface area contributed by atoms with Crippen molar-refractivity contribution in [3.63, 3.8) is 0 Å². The van der Waals surface area contributed by atoms with Gasteiger partial charge in [0.1, 0.15) is 6.04 Å². The highest BCUT2D eigenvalue weighted by Crippen LogP contribution is 2.10. The van der Waals surface area contributed by atoms with Gasteiger partial charge in [-0.05, 0) is 5.92 Å². The molecule has 0 heterocycles. The van der Waals surface area contributed by atoms with Gasteiger partial charge in [-0.15, -0.1) is 0 Å². The molecule has 0 radical (unpaired) electrons. The van der Waals surface area contributed by atoms with Crippen molar-refractivity contribution in [2.24, 2.45) is 11.7 Å². The van der Waals surface area contributed by atoms with Gasteiger partial charge >= 0.3 is 5.97 Å². The standard InChI is InChI=1S/C7H15NO2/c1-3-5(4-2)6(8)7(9)10/h5-6H,3-4,8H2,1-2H3,(H,9,10)/t6-/m0/s1/i1D/t5?,6-. The summed E-state index contributed by atoms with van der Waals surface area (Å²) in [6.45, 7) is 2.14. The average Bonchev–Trinajstić information content (AvgIpc) is 1.98. The van der Waals surface area contributed by atoms with Gasteiger partial charge in [-0.25, -0.2) is 0 Å². The second kappa shape index (κ2) is 4.28. The molecule has 0 aromatic carbocycles. The molecule has 0 aliphatic carbocycles. The second-order valence-electron chi connectivity index (χ2n) is 2.32. The van der Waals surface area contributed by atoms with Crippen LogP contribution in [0.1, 0.15) is 28.0 Å². The lowest BCUT2D eigenvalue weighted by Gasteiger charge is -2.15. The highest BCUT2D eigenvalue weighted by Gasteiger charge is 2.20. The largest absolute Gasteiger partial charge is 0.480 e. The van der Waals surface area contributed by atoms with Gasteiger partial charge in [-0.1, -0.05) is 26.7 Å². The van der Waals surface area contributed by atoms with Crippen LogP contribution in [0.25, 0.3) is 0 Å². The van der Waals surface area contributed by atoms with E-state index in [4.69, 9.17) is 12.2 Å². The smallest absolute Gasteiger partial charge is 0.320 e. The van der Waals surface area contributed by atoms with Crippen LogP contribution in [0, 0.1) is 5.92 Å². The maximum absolute atomic E-state index is 10.4. The van der Waals surface area contributed by atoms with E-state index in [1.807, 2.05) is 6.92 Å². The van der Waals surface area contributed by atoms with Crippen molar-refractivity contribution in [1.82, 2.24) is 0 Å². The summed E-state index contributed by atoms with van der Waals surface area (Å²) in [5.41, 5.74) is 5.37. The Labute approximate surface area is 62.6 Å². The third kappa shape index (κ3) is 2.35. The first-order valence-electron chi connectivity index (χ1n) is 4.11. The average molecular weight is 146 g/mol. The van der Waals surface area contributed by atoms with Crippen molar-refractivity contribution in [1.29, 1.82) is 0 Å². The Morgan fingerprint density at radius 1 is 1.80 bits per heavy atom. The fourth-order valence-corrected chi connectivity index (χ4v) is 0.839. The number of carboxylic acids is 1. The minimum atomic E-state index is -0.967. The van der Waals surface area contributed by atoms with E-state index in [1.165, 1.54) is 0 Å². The van der Waals surface area contributed by atoms with E-state index in [9.17, 15) is 4.79 Å². The van der Waals surface area contributed by atoms with Crippen LogP contribution in [0.15, 0.2) is 0 Å². The Morgan fingerprint density at radius 2 is 2.40 bits per heavy atom. The van der Waals surface area contributed by atoms with Crippen molar-refractivity contribution in [3.8, 4) is 0 Å². The Bertz CT molecular complexity index is 130. The van der Waals surface area contributed by atoms with Crippen LogP contribution < -0.4 is 5.73 Å². The monoisotopic (exact) mass is 146 g/mol. The van der Waals surface area contributed by atoms with Crippen LogP contribution in [-0.2, 0) is 4.79 Å². The van der Waals surface area contributed by atoms with E-state index >= 15 is 0 Å². The Kier molecular flexibility index (Phi) is 3.22. The molecular weight excluding hydrogens is 130 g/mol. The van der Waals surface area contributed by atoms with Gasteiger partial charge in [0.25, 0.3) is 0 Å². The number of nitrogens with two attached hydrogens (primary N) is 1. The van der Waals surface area contributed by atoms with Gasteiger partial charge < -0.3 is 10.8 Å². The van der Waals surface area contributed by atoms with E-state index in [-0.39, 0.29) is 12.8 Å². The molecule has 2 atom stereocenters. The van der Waals surface area contributed by atoms with Crippen molar-refractivity contribution in [2.45, 2.75) is 32.7 Å². The predicted octanol–water partition coefficient (Wildman–Crippen LogP) is 0.835. The molecule has 1 unspecified atom stereocenters. The zero-order valence-corrected chi connectivity index (χ0v) is 6.21. The molecule has 0 aliphatic heterocycles. The van der Waals surface area contributed by atoms with Gasteiger partial charge in [0, 0.05) is 1.37 Å². The number of rotatable bonds is 4. The van der Waals surface area contributed by atoms with Crippen LogP contribution in [-0.4, -0.2) is 17.1 Å². The van der Waals surface area contributed by atoms with E-state index in [0.717, 1.165) is 6.42 Å². The molecule has 0 rings (SSSR count). The molecule has 0 aromatic rings. The molecule has 0 aliphatic rings. The van der Waals surface area contributed by atoms with Gasteiger partial charge in [0.05, 0.1) is 0 Å². The number of carboxylic acid groups (broad SMARTS) is 1. The Hall–Kier alpha value is -0.570. The minimum Gasteiger partial charge on any atom is -0.480 e. The van der Waals surface area contributed by atoms with E-state index in [0.29, 0.717) is 6.42 Å². The molecule has 0 saturated carbocycles. The Balaban J connectivity index is 3.91. The fraction of sp³-hybridized carbons (Fsp3) is 0.857. The summed E-state index contributed by atoms with van der Waals surface area (Å²) in [4.78, 5) is 10.4. The summed E-state index contributed by atoms with van der Waals surface area (Å²) < 4.78 is 6.92. The van der Waals surface area contributed by atoms with Crippen LogP contribution in [0.5, 0.6) is 0 Å². The Morgan fingerprint density at radius 3 is 2.70 bits per heavy atom. The molecule has 0 saturated heterocycles. The van der Waals surface area contributed by atoms with Crippen LogP contribution in [0.3, 0.4) is 0 Å². The summed E-state index contributed by atoms with van der Waals surface area (Å²) in [6, 6.07) is -0.801. The molecule has 0 fully saturated rings. The van der Waals surface area contributed by atoms with Crippen molar-refractivity contribution in [2.75, 3.05) is 0 Å². The predicted molar refractivity (Wildman–Crippen MR) is 39.7 cm³/mol. The second-order valence-corrected chi connectivity index (χ2v) is 2.32. The fourth-order valence-electron chi connectivity index (χ4n) is 0.839. The summed E-state index contributed by atoms with van der Waals surface area (Å²) in [6.07, 6.45) is 1.30. The molecule has 0 aromatic heterocycles. The van der Waals surface area contributed by atoms with E-state index in [1.54, 1.807) is 0 Å². The zero-order chi connectivity index (χ0) is 8.85. The zero-order valence-electron chi connectivity index (χ0n) is 7.21. The summed E-state index contributed by atoms with van der Waals surface area (Å²) in [7, 11) is 0. The van der Waals surface area contributed by atoms with Crippen molar-refractivity contribution in [3.05, 3.63) is 0 Å². The van der Waals surface area contributed by atoms with Crippen molar-refractivity contribution < 1.29 is 11.3 Å². The van der Waals surface area contributed by atoms with Gasteiger partial charge in [-0.2, -0.15) is 0 Å². The first-order chi connectivity index (χ1) is 5.13. The number of carbonyl (C=O) groups is 1. The topological polar surface area (TPSA) is 63.3 Å². The molecule has 0 amide bonds. The van der Waals surface area contributed by atoms with Gasteiger partial charge in [0.15, 0.2) is 0 Å². The highest BCUT2D eigenvalue weighted by atomic mass is 16.4. The number of hydrogen-bond acceptors (Lipinski definition) is 2. The van der Waals surface area contributed by atoms with E-state index in [2.05, 4.69) is 0 Å². The first-order valence-corrected chi connectivity index (χ1v) is 3.41. The lowest BCUT2D eigenvalue weighted by atomic mass is 9.95. The molecule has 10 heavy (non-hydrogen) atoms. The highest BCUT2D eigenvalue weighted by molar-refractivity contribution is 5.73. The van der Waals surface area contributed by atoms with Crippen LogP contribution >= 0.6 is 0 Å². The summed E-state index contributed by atoms with van der Waals surface area (Å²) >= 11 is 0. The molecule has 3 N–H and O–H groups in total. The SMILES string of the molecule is [2H]CCC(CC)[C@H](N)C(=O)O. The maximum atomic E-state index is 10.4. The summed E-state index contributed by atoms with van der Waals surface area (Å²) in [5, 5.41) is 8.52. The molecule has 3 nitrogen and oxygen atoms in total. The lowest BCUT2D eigenvalue weighted by Crippen LogP contribution is -2.37. The molecule has 3 heteroatoms. The maximum Gasteiger partial charge on any atom is 0.320 e. The molecule has 0 bridgehead atoms.